The van der Waals surface area contributed by atoms with E-state index in [-0.39, 0.29) is 11.8 Å². The van der Waals surface area contributed by atoms with Gasteiger partial charge in [0.05, 0.1) is 9.77 Å². The van der Waals surface area contributed by atoms with E-state index in [1.165, 1.54) is 22.1 Å². The molecule has 164 valence electrons. The lowest BCUT2D eigenvalue weighted by Gasteiger charge is -2.35. The number of nitrogens with zero attached hydrogens (tertiary/aromatic N) is 4. The third kappa shape index (κ3) is 4.17. The number of hydrogen-bond acceptors (Lipinski definition) is 7. The van der Waals surface area contributed by atoms with E-state index < -0.39 is 10.0 Å². The van der Waals surface area contributed by atoms with E-state index in [1.807, 2.05) is 11.8 Å². The molecular weight excluding hydrogens is 424 g/mol. The highest BCUT2D eigenvalue weighted by molar-refractivity contribution is 7.89. The Morgan fingerprint density at radius 3 is 2.53 bits per heavy atom. The Hall–Kier alpha value is -1.78. The van der Waals surface area contributed by atoms with Gasteiger partial charge in [-0.1, -0.05) is 12.1 Å². The van der Waals surface area contributed by atoms with Crippen LogP contribution in [0, 0.1) is 12.8 Å². The standard InChI is InChI=1S/C20H28N4O4S2/c1-3-18-21-19(22-28-18)16-13-17(14(2)29-16)30(26,27)24-11-7-15(8-12-24)20(25)23-9-5-4-6-10-23/h13,15H,3-12H2,1-2H3. The maximum absolute atomic E-state index is 13.3. The first-order valence-electron chi connectivity index (χ1n) is 10.6. The van der Waals surface area contributed by atoms with Crippen LogP contribution < -0.4 is 0 Å². The van der Waals surface area contributed by atoms with Crippen LogP contribution in [0.15, 0.2) is 15.5 Å². The number of rotatable bonds is 5. The van der Waals surface area contributed by atoms with Crippen molar-refractivity contribution >= 4 is 27.3 Å². The molecule has 30 heavy (non-hydrogen) atoms. The molecule has 0 N–H and O–H groups in total. The molecule has 1 amide bonds. The number of sulfonamides is 1. The molecule has 4 rings (SSSR count). The predicted octanol–water partition coefficient (Wildman–Crippen LogP) is 3.08. The second-order valence-electron chi connectivity index (χ2n) is 7.96. The minimum Gasteiger partial charge on any atom is -0.342 e. The molecule has 0 bridgehead atoms. The summed E-state index contributed by atoms with van der Waals surface area (Å²) in [5, 5.41) is 3.95. The maximum atomic E-state index is 13.3. The van der Waals surface area contributed by atoms with Gasteiger partial charge < -0.3 is 9.42 Å². The second-order valence-corrected chi connectivity index (χ2v) is 11.1. The van der Waals surface area contributed by atoms with Gasteiger partial charge in [-0.25, -0.2) is 8.42 Å². The summed E-state index contributed by atoms with van der Waals surface area (Å²) in [6.07, 6.45) is 5.11. The summed E-state index contributed by atoms with van der Waals surface area (Å²) in [4.78, 5) is 20.7. The Bertz CT molecular complexity index is 1000. The van der Waals surface area contributed by atoms with E-state index in [0.29, 0.717) is 58.7 Å². The van der Waals surface area contributed by atoms with Gasteiger partial charge in [0, 0.05) is 43.4 Å². The maximum Gasteiger partial charge on any atom is 0.244 e. The molecule has 0 saturated carbocycles. The Morgan fingerprint density at radius 1 is 1.20 bits per heavy atom. The molecule has 10 heteroatoms. The Morgan fingerprint density at radius 2 is 1.90 bits per heavy atom. The van der Waals surface area contributed by atoms with Crippen LogP contribution in [-0.4, -0.2) is 59.8 Å². The number of amides is 1. The molecule has 2 fully saturated rings. The quantitative estimate of drug-likeness (QED) is 0.692. The number of carbonyl (C=O) groups is 1. The molecule has 2 aromatic rings. The molecule has 4 heterocycles. The molecule has 0 spiro atoms. The van der Waals surface area contributed by atoms with Crippen molar-refractivity contribution in [1.29, 1.82) is 0 Å². The van der Waals surface area contributed by atoms with Gasteiger partial charge in [-0.2, -0.15) is 9.29 Å². The summed E-state index contributed by atoms with van der Waals surface area (Å²) < 4.78 is 33.2. The summed E-state index contributed by atoms with van der Waals surface area (Å²) >= 11 is 1.35. The fourth-order valence-corrected chi connectivity index (χ4v) is 7.14. The van der Waals surface area contributed by atoms with Crippen molar-refractivity contribution in [2.45, 2.75) is 57.3 Å². The van der Waals surface area contributed by atoms with Crippen molar-refractivity contribution < 1.29 is 17.7 Å². The van der Waals surface area contributed by atoms with Gasteiger partial charge in [0.25, 0.3) is 0 Å². The van der Waals surface area contributed by atoms with Crippen molar-refractivity contribution in [3.05, 3.63) is 16.8 Å². The number of hydrogen-bond donors (Lipinski definition) is 0. The monoisotopic (exact) mass is 452 g/mol. The number of aromatic nitrogens is 2. The van der Waals surface area contributed by atoms with Gasteiger partial charge in [0.1, 0.15) is 0 Å². The zero-order valence-corrected chi connectivity index (χ0v) is 19.1. The topological polar surface area (TPSA) is 96.6 Å². The molecule has 0 aliphatic carbocycles. The minimum atomic E-state index is -3.62. The van der Waals surface area contributed by atoms with E-state index in [4.69, 9.17) is 4.52 Å². The first-order valence-corrected chi connectivity index (χ1v) is 12.9. The van der Waals surface area contributed by atoms with Gasteiger partial charge in [-0.3, -0.25) is 4.79 Å². The summed E-state index contributed by atoms with van der Waals surface area (Å²) in [5.41, 5.74) is 0. The smallest absolute Gasteiger partial charge is 0.244 e. The first kappa shape index (κ1) is 21.5. The van der Waals surface area contributed by atoms with Gasteiger partial charge in [0.2, 0.25) is 27.6 Å². The fraction of sp³-hybridized carbons (Fsp3) is 0.650. The van der Waals surface area contributed by atoms with Crippen LogP contribution in [0.5, 0.6) is 0 Å². The van der Waals surface area contributed by atoms with Crippen LogP contribution in [-0.2, 0) is 21.2 Å². The van der Waals surface area contributed by atoms with Crippen LogP contribution >= 0.6 is 11.3 Å². The average molecular weight is 453 g/mol. The van der Waals surface area contributed by atoms with Crippen molar-refractivity contribution in [3.63, 3.8) is 0 Å². The molecular formula is C20H28N4O4S2. The number of thiophene rings is 1. The third-order valence-corrected chi connectivity index (χ3v) is 9.15. The van der Waals surface area contributed by atoms with Gasteiger partial charge in [-0.05, 0) is 45.1 Å². The molecule has 2 aliphatic rings. The fourth-order valence-electron chi connectivity index (χ4n) is 4.18. The van der Waals surface area contributed by atoms with E-state index in [0.717, 1.165) is 25.9 Å². The van der Waals surface area contributed by atoms with E-state index in [9.17, 15) is 13.2 Å². The van der Waals surface area contributed by atoms with Crippen LogP contribution in [0.3, 0.4) is 0 Å². The zero-order chi connectivity index (χ0) is 21.3. The number of piperidine rings is 2. The molecule has 0 unspecified atom stereocenters. The predicted molar refractivity (Wildman–Crippen MR) is 114 cm³/mol. The molecule has 2 aromatic heterocycles. The lowest BCUT2D eigenvalue weighted by molar-refractivity contribution is -0.137. The van der Waals surface area contributed by atoms with Crippen molar-refractivity contribution in [3.8, 4) is 10.7 Å². The molecule has 8 nitrogen and oxygen atoms in total. The first-order chi connectivity index (χ1) is 14.4. The minimum absolute atomic E-state index is 0.0690. The molecule has 2 aliphatic heterocycles. The Labute approximate surface area is 181 Å². The largest absolute Gasteiger partial charge is 0.342 e. The normalized spacial score (nSPS) is 19.3. The van der Waals surface area contributed by atoms with Crippen molar-refractivity contribution in [2.75, 3.05) is 26.2 Å². The van der Waals surface area contributed by atoms with Gasteiger partial charge in [0.15, 0.2) is 0 Å². The lowest BCUT2D eigenvalue weighted by Crippen LogP contribution is -2.45. The van der Waals surface area contributed by atoms with Crippen LogP contribution in [0.25, 0.3) is 10.7 Å². The molecule has 0 aromatic carbocycles. The number of carbonyl (C=O) groups excluding carboxylic acids is 1. The van der Waals surface area contributed by atoms with Crippen LogP contribution in [0.4, 0.5) is 0 Å². The summed E-state index contributed by atoms with van der Waals surface area (Å²) in [5.74, 6) is 1.08. The highest BCUT2D eigenvalue weighted by Gasteiger charge is 2.35. The van der Waals surface area contributed by atoms with Crippen LogP contribution in [0.2, 0.25) is 0 Å². The number of likely N-dealkylation sites (tertiary alicyclic amines) is 1. The van der Waals surface area contributed by atoms with E-state index >= 15 is 0 Å². The average Bonchev–Trinajstić information content (AvgIpc) is 3.41. The Kier molecular flexibility index (Phi) is 6.26. The summed E-state index contributed by atoms with van der Waals surface area (Å²) in [6.45, 7) is 6.15. The lowest BCUT2D eigenvalue weighted by atomic mass is 9.95. The van der Waals surface area contributed by atoms with E-state index in [1.54, 1.807) is 13.0 Å². The molecule has 0 atom stereocenters. The van der Waals surface area contributed by atoms with E-state index in [2.05, 4.69) is 10.1 Å². The van der Waals surface area contributed by atoms with Gasteiger partial charge >= 0.3 is 0 Å². The van der Waals surface area contributed by atoms with Gasteiger partial charge in [-0.15, -0.1) is 11.3 Å². The zero-order valence-electron chi connectivity index (χ0n) is 17.5. The molecule has 0 radical (unpaired) electrons. The molecule has 2 saturated heterocycles. The highest BCUT2D eigenvalue weighted by Crippen LogP contribution is 2.35. The van der Waals surface area contributed by atoms with Crippen molar-refractivity contribution in [1.82, 2.24) is 19.3 Å². The third-order valence-electron chi connectivity index (χ3n) is 5.95. The SMILES string of the molecule is CCc1nc(-c2cc(S(=O)(=O)N3CCC(C(=O)N4CCCCC4)CC3)c(C)s2)no1. The Balaban J connectivity index is 1.45. The second kappa shape index (κ2) is 8.76. The van der Waals surface area contributed by atoms with Crippen LogP contribution in [0.1, 0.15) is 49.8 Å². The number of aryl methyl sites for hydroxylation is 2. The summed E-state index contributed by atoms with van der Waals surface area (Å²) in [7, 11) is -3.62. The summed E-state index contributed by atoms with van der Waals surface area (Å²) in [6, 6.07) is 1.64. The van der Waals surface area contributed by atoms with Crippen molar-refractivity contribution in [2.24, 2.45) is 5.92 Å². The highest BCUT2D eigenvalue weighted by atomic mass is 32.2.